The molecule has 0 rings (SSSR count). The van der Waals surface area contributed by atoms with Crippen LogP contribution in [0.25, 0.3) is 0 Å². The zero-order valence-electron chi connectivity index (χ0n) is 9.40. The summed E-state index contributed by atoms with van der Waals surface area (Å²) >= 11 is 0. The van der Waals surface area contributed by atoms with Crippen LogP contribution in [-0.4, -0.2) is 42.0 Å². The van der Waals surface area contributed by atoms with Crippen LogP contribution in [-0.2, 0) is 9.59 Å². The summed E-state index contributed by atoms with van der Waals surface area (Å²) in [5.41, 5.74) is 5.35. The molecular weight excluding hydrogens is 196 g/mol. The molecule has 0 aliphatic heterocycles. The fraction of sp³-hybridized carbons (Fsp3) is 0.800. The van der Waals surface area contributed by atoms with Gasteiger partial charge in [-0.2, -0.15) is 0 Å². The van der Waals surface area contributed by atoms with Gasteiger partial charge in [-0.25, -0.2) is 0 Å². The van der Waals surface area contributed by atoms with E-state index in [0.29, 0.717) is 6.54 Å². The van der Waals surface area contributed by atoms with Crippen LogP contribution in [0.1, 0.15) is 26.2 Å². The Morgan fingerprint density at radius 2 is 2.07 bits per heavy atom. The van der Waals surface area contributed by atoms with Crippen LogP contribution in [0.3, 0.4) is 0 Å². The second-order valence-electron chi connectivity index (χ2n) is 3.74. The lowest BCUT2D eigenvalue weighted by atomic mass is 10.0. The highest BCUT2D eigenvalue weighted by Gasteiger charge is 2.17. The van der Waals surface area contributed by atoms with Crippen LogP contribution in [0.5, 0.6) is 0 Å². The minimum absolute atomic E-state index is 0.00809. The summed E-state index contributed by atoms with van der Waals surface area (Å²) in [6.07, 6.45) is 1.57. The number of nitrogens with two attached hydrogens (primary N) is 1. The van der Waals surface area contributed by atoms with Crippen LogP contribution < -0.4 is 5.73 Å². The van der Waals surface area contributed by atoms with Gasteiger partial charge in [-0.3, -0.25) is 9.59 Å². The summed E-state index contributed by atoms with van der Waals surface area (Å²) in [5.74, 6) is -0.971. The predicted octanol–water partition coefficient (Wildman–Crippen LogP) is 0.295. The van der Waals surface area contributed by atoms with Gasteiger partial charge in [0.25, 0.3) is 0 Å². The minimum Gasteiger partial charge on any atom is -0.481 e. The van der Waals surface area contributed by atoms with Crippen molar-refractivity contribution in [1.82, 2.24) is 4.90 Å². The molecular formula is C10H20N2O3. The highest BCUT2D eigenvalue weighted by Crippen LogP contribution is 2.08. The molecule has 0 aliphatic rings. The fourth-order valence-electron chi connectivity index (χ4n) is 1.30. The molecule has 0 aromatic heterocycles. The lowest BCUT2D eigenvalue weighted by Crippen LogP contribution is -2.33. The maximum Gasteiger partial charge on any atom is 0.305 e. The number of aliphatic carboxylic acids is 1. The second kappa shape index (κ2) is 7.23. The predicted molar refractivity (Wildman–Crippen MR) is 57.3 cm³/mol. The van der Waals surface area contributed by atoms with E-state index >= 15 is 0 Å². The second-order valence-corrected chi connectivity index (χ2v) is 3.74. The van der Waals surface area contributed by atoms with Gasteiger partial charge in [0.2, 0.25) is 5.91 Å². The molecule has 0 heterocycles. The van der Waals surface area contributed by atoms with Gasteiger partial charge in [-0.1, -0.05) is 6.92 Å². The Kier molecular flexibility index (Phi) is 6.70. The molecule has 1 unspecified atom stereocenters. The molecule has 0 bridgehead atoms. The normalized spacial score (nSPS) is 12.2. The summed E-state index contributed by atoms with van der Waals surface area (Å²) in [5, 5.41) is 8.47. The molecule has 0 spiro atoms. The Labute approximate surface area is 90.2 Å². The first-order chi connectivity index (χ1) is 6.99. The lowest BCUT2D eigenvalue weighted by molar-refractivity contribution is -0.139. The zero-order valence-corrected chi connectivity index (χ0v) is 9.40. The third kappa shape index (κ3) is 6.06. The number of carbonyl (C=O) groups excluding carboxylic acids is 1. The highest BCUT2D eigenvalue weighted by molar-refractivity contribution is 5.78. The lowest BCUT2D eigenvalue weighted by Gasteiger charge is -2.20. The molecule has 0 saturated heterocycles. The van der Waals surface area contributed by atoms with E-state index in [2.05, 4.69) is 0 Å². The summed E-state index contributed by atoms with van der Waals surface area (Å²) in [7, 11) is 1.63. The Balaban J connectivity index is 3.90. The van der Waals surface area contributed by atoms with Crippen molar-refractivity contribution in [3.8, 4) is 0 Å². The number of nitrogens with zero attached hydrogens (tertiary/aromatic N) is 1. The van der Waals surface area contributed by atoms with Crippen LogP contribution >= 0.6 is 0 Å². The molecule has 3 N–H and O–H groups in total. The Morgan fingerprint density at radius 3 is 2.53 bits per heavy atom. The molecule has 0 saturated carbocycles. The van der Waals surface area contributed by atoms with Gasteiger partial charge in [0, 0.05) is 19.5 Å². The van der Waals surface area contributed by atoms with E-state index in [4.69, 9.17) is 10.8 Å². The Bertz CT molecular complexity index is 219. The van der Waals surface area contributed by atoms with Gasteiger partial charge in [-0.05, 0) is 19.4 Å². The average Bonchev–Trinajstić information content (AvgIpc) is 2.21. The first-order valence-electron chi connectivity index (χ1n) is 5.15. The molecule has 0 aromatic rings. The van der Waals surface area contributed by atoms with Crippen molar-refractivity contribution < 1.29 is 14.7 Å². The maximum absolute atomic E-state index is 11.7. The fourth-order valence-corrected chi connectivity index (χ4v) is 1.30. The van der Waals surface area contributed by atoms with Crippen molar-refractivity contribution in [3.63, 3.8) is 0 Å². The number of carboxylic acids is 1. The van der Waals surface area contributed by atoms with Crippen molar-refractivity contribution in [1.29, 1.82) is 0 Å². The topological polar surface area (TPSA) is 83.6 Å². The number of amides is 1. The smallest absolute Gasteiger partial charge is 0.305 e. The summed E-state index contributed by atoms with van der Waals surface area (Å²) in [6.45, 7) is 2.69. The monoisotopic (exact) mass is 216 g/mol. The molecule has 0 radical (unpaired) electrons. The van der Waals surface area contributed by atoms with Crippen molar-refractivity contribution >= 4 is 11.9 Å². The number of hydrogen-bond acceptors (Lipinski definition) is 3. The van der Waals surface area contributed by atoms with Crippen LogP contribution in [0, 0.1) is 5.92 Å². The molecule has 0 aliphatic carbocycles. The standard InChI is InChI=1S/C10H20N2O3/c1-8(4-3-6-11)10(15)12(2)7-5-9(13)14/h8H,3-7,11H2,1-2H3,(H,13,14). The molecule has 1 atom stereocenters. The summed E-state index contributed by atoms with van der Waals surface area (Å²) < 4.78 is 0. The first-order valence-corrected chi connectivity index (χ1v) is 5.15. The zero-order chi connectivity index (χ0) is 11.8. The average molecular weight is 216 g/mol. The molecule has 1 amide bonds. The number of rotatable bonds is 7. The third-order valence-electron chi connectivity index (χ3n) is 2.30. The van der Waals surface area contributed by atoms with Crippen LogP contribution in [0.15, 0.2) is 0 Å². The molecule has 88 valence electrons. The largest absolute Gasteiger partial charge is 0.481 e. The quantitative estimate of drug-likeness (QED) is 0.641. The van der Waals surface area contributed by atoms with E-state index in [1.807, 2.05) is 6.92 Å². The van der Waals surface area contributed by atoms with E-state index in [1.54, 1.807) is 7.05 Å². The van der Waals surface area contributed by atoms with Gasteiger partial charge in [0.1, 0.15) is 0 Å². The van der Waals surface area contributed by atoms with Gasteiger partial charge < -0.3 is 15.7 Å². The summed E-state index contributed by atoms with van der Waals surface area (Å²) in [4.78, 5) is 23.4. The van der Waals surface area contributed by atoms with E-state index in [0.717, 1.165) is 12.8 Å². The number of carbonyl (C=O) groups is 2. The number of hydrogen-bond donors (Lipinski definition) is 2. The van der Waals surface area contributed by atoms with E-state index in [9.17, 15) is 9.59 Å². The maximum atomic E-state index is 11.7. The van der Waals surface area contributed by atoms with Crippen molar-refractivity contribution in [3.05, 3.63) is 0 Å². The van der Waals surface area contributed by atoms with Crippen molar-refractivity contribution in [2.24, 2.45) is 11.7 Å². The van der Waals surface area contributed by atoms with E-state index in [-0.39, 0.29) is 24.8 Å². The van der Waals surface area contributed by atoms with E-state index < -0.39 is 5.97 Å². The molecule has 0 fully saturated rings. The van der Waals surface area contributed by atoms with Gasteiger partial charge >= 0.3 is 5.97 Å². The molecule has 5 heteroatoms. The van der Waals surface area contributed by atoms with Crippen molar-refractivity contribution in [2.75, 3.05) is 20.1 Å². The molecule has 0 aromatic carbocycles. The highest BCUT2D eigenvalue weighted by atomic mass is 16.4. The van der Waals surface area contributed by atoms with E-state index in [1.165, 1.54) is 4.90 Å². The van der Waals surface area contributed by atoms with Crippen LogP contribution in [0.4, 0.5) is 0 Å². The molecule has 15 heavy (non-hydrogen) atoms. The van der Waals surface area contributed by atoms with Crippen LogP contribution in [0.2, 0.25) is 0 Å². The first kappa shape index (κ1) is 13.9. The minimum atomic E-state index is -0.885. The molecule has 5 nitrogen and oxygen atoms in total. The van der Waals surface area contributed by atoms with Gasteiger partial charge in [0.15, 0.2) is 0 Å². The Hall–Kier alpha value is -1.10. The Morgan fingerprint density at radius 1 is 1.47 bits per heavy atom. The van der Waals surface area contributed by atoms with Crippen molar-refractivity contribution in [2.45, 2.75) is 26.2 Å². The third-order valence-corrected chi connectivity index (χ3v) is 2.30. The SMILES string of the molecule is CC(CCCN)C(=O)N(C)CCC(=O)O. The summed E-state index contributed by atoms with van der Waals surface area (Å²) in [6, 6.07) is 0. The van der Waals surface area contributed by atoms with Gasteiger partial charge in [0.05, 0.1) is 6.42 Å². The van der Waals surface area contributed by atoms with Gasteiger partial charge in [-0.15, -0.1) is 0 Å². The number of carboxylic acid groups (broad SMARTS) is 1.